The van der Waals surface area contributed by atoms with Gasteiger partial charge >= 0.3 is 6.09 Å². The topological polar surface area (TPSA) is 151 Å². The average Bonchev–Trinajstić information content (AvgIpc) is 2.77. The Labute approximate surface area is 213 Å². The minimum absolute atomic E-state index is 0.146. The minimum atomic E-state index is -1.35. The van der Waals surface area contributed by atoms with E-state index in [0.717, 1.165) is 25.7 Å². The van der Waals surface area contributed by atoms with Gasteiger partial charge in [0.25, 0.3) is 0 Å². The number of amides is 4. The zero-order valence-corrected chi connectivity index (χ0v) is 22.1. The maximum Gasteiger partial charge on any atom is 0.408 e. The van der Waals surface area contributed by atoms with Gasteiger partial charge in [-0.3, -0.25) is 14.4 Å². The molecule has 0 saturated heterocycles. The Bertz CT molecular complexity index is 883. The van der Waals surface area contributed by atoms with Crippen LogP contribution in [0.25, 0.3) is 0 Å². The molecule has 1 aromatic carbocycles. The van der Waals surface area contributed by atoms with Crippen molar-refractivity contribution in [2.45, 2.75) is 90.8 Å². The number of phenolic OH excluding ortho intramolecular Hbond substituents is 1. The fourth-order valence-corrected chi connectivity index (χ4v) is 3.60. The van der Waals surface area contributed by atoms with Crippen LogP contribution in [0.4, 0.5) is 4.79 Å². The lowest BCUT2D eigenvalue weighted by Gasteiger charge is -2.34. The van der Waals surface area contributed by atoms with Crippen LogP contribution >= 0.6 is 0 Å². The predicted octanol–water partition coefficient (Wildman–Crippen LogP) is 3.14. The van der Waals surface area contributed by atoms with E-state index < -0.39 is 47.9 Å². The zero-order chi connectivity index (χ0) is 27.3. The van der Waals surface area contributed by atoms with Gasteiger partial charge in [0, 0.05) is 18.7 Å². The number of primary amides is 1. The summed E-state index contributed by atoms with van der Waals surface area (Å²) in [5.41, 5.74) is 4.79. The number of hydrogen-bond donors (Lipinski definition) is 4. The molecule has 0 bridgehead atoms. The van der Waals surface area contributed by atoms with Crippen molar-refractivity contribution in [3.05, 3.63) is 29.8 Å². The molecule has 0 saturated carbocycles. The van der Waals surface area contributed by atoms with Gasteiger partial charge in [0.05, 0.1) is 6.42 Å². The van der Waals surface area contributed by atoms with Crippen molar-refractivity contribution in [3.63, 3.8) is 0 Å². The average molecular weight is 507 g/mol. The summed E-state index contributed by atoms with van der Waals surface area (Å²) in [6, 6.07) is 3.76. The number of para-hydroxylation sites is 1. The number of carbonyl (C=O) groups is 4. The van der Waals surface area contributed by atoms with E-state index in [4.69, 9.17) is 10.5 Å². The largest absolute Gasteiger partial charge is 0.508 e. The molecular formula is C26H42N4O6. The van der Waals surface area contributed by atoms with Crippen molar-refractivity contribution in [1.29, 1.82) is 0 Å². The molecule has 5 N–H and O–H groups in total. The predicted molar refractivity (Wildman–Crippen MR) is 137 cm³/mol. The fourth-order valence-electron chi connectivity index (χ4n) is 3.60. The second kappa shape index (κ2) is 15.0. The summed E-state index contributed by atoms with van der Waals surface area (Å²) in [5.74, 6) is -2.09. The van der Waals surface area contributed by atoms with Gasteiger partial charge in [-0.25, -0.2) is 4.79 Å². The molecule has 0 radical (unpaired) electrons. The lowest BCUT2D eigenvalue weighted by Crippen LogP contribution is -2.54. The van der Waals surface area contributed by atoms with E-state index in [1.165, 1.54) is 11.0 Å². The van der Waals surface area contributed by atoms with Gasteiger partial charge in [-0.2, -0.15) is 0 Å². The first-order valence-corrected chi connectivity index (χ1v) is 12.5. The van der Waals surface area contributed by atoms with E-state index in [1.807, 2.05) is 13.8 Å². The van der Waals surface area contributed by atoms with Crippen LogP contribution in [0.2, 0.25) is 0 Å². The maximum atomic E-state index is 13.8. The van der Waals surface area contributed by atoms with Crippen LogP contribution in [0.15, 0.2) is 24.3 Å². The number of hydrogen-bond acceptors (Lipinski definition) is 6. The van der Waals surface area contributed by atoms with Crippen molar-refractivity contribution in [2.75, 3.05) is 13.1 Å². The van der Waals surface area contributed by atoms with Crippen LogP contribution in [-0.4, -0.2) is 58.6 Å². The first kappa shape index (κ1) is 30.7. The molecular weight excluding hydrogens is 464 g/mol. The van der Waals surface area contributed by atoms with Crippen molar-refractivity contribution >= 4 is 23.8 Å². The van der Waals surface area contributed by atoms with Crippen molar-refractivity contribution in [2.24, 2.45) is 5.73 Å². The Hall–Kier alpha value is -3.30. The summed E-state index contributed by atoms with van der Waals surface area (Å²) in [6.45, 7) is 9.55. The number of alkyl carbamates (subject to hydrolysis) is 1. The summed E-state index contributed by atoms with van der Waals surface area (Å²) in [7, 11) is 0. The summed E-state index contributed by atoms with van der Waals surface area (Å²) in [4.78, 5) is 52.7. The maximum absolute atomic E-state index is 13.8. The molecule has 10 heteroatoms. The smallest absolute Gasteiger partial charge is 0.408 e. The standard InChI is InChI=1S/C26H42N4O6/c1-6-8-12-15-28-23(33)22(18-13-10-11-14-20(18)31)30(16-9-7-2)24(34)19(17-21(27)32)29-25(35)36-26(3,4)5/h10-11,13-14,19,22,31H,6-9,12,15-17H2,1-5H3,(H2,27,32)(H,28,33)(H,29,35). The first-order valence-electron chi connectivity index (χ1n) is 12.5. The molecule has 1 aromatic rings. The molecule has 4 amide bonds. The molecule has 36 heavy (non-hydrogen) atoms. The van der Waals surface area contributed by atoms with E-state index in [0.29, 0.717) is 13.0 Å². The quantitative estimate of drug-likeness (QED) is 0.285. The Morgan fingerprint density at radius 2 is 1.69 bits per heavy atom. The Morgan fingerprint density at radius 3 is 2.25 bits per heavy atom. The van der Waals surface area contributed by atoms with Crippen LogP contribution < -0.4 is 16.4 Å². The number of aromatic hydroxyl groups is 1. The van der Waals surface area contributed by atoms with Crippen LogP contribution in [0, 0.1) is 0 Å². The third kappa shape index (κ3) is 10.5. The summed E-state index contributed by atoms with van der Waals surface area (Å²) < 4.78 is 5.26. The van der Waals surface area contributed by atoms with Crippen molar-refractivity contribution in [3.8, 4) is 5.75 Å². The monoisotopic (exact) mass is 506 g/mol. The normalized spacial score (nSPS) is 12.8. The molecule has 2 unspecified atom stereocenters. The first-order chi connectivity index (χ1) is 16.9. The number of carbonyl (C=O) groups excluding carboxylic acids is 4. The second-order valence-corrected chi connectivity index (χ2v) is 9.71. The number of rotatable bonds is 14. The number of nitrogens with zero attached hydrogens (tertiary/aromatic N) is 1. The third-order valence-corrected chi connectivity index (χ3v) is 5.30. The SMILES string of the molecule is CCCCCNC(=O)C(c1ccccc1O)N(CCCC)C(=O)C(CC(N)=O)NC(=O)OC(C)(C)C. The molecule has 0 aliphatic heterocycles. The number of unbranched alkanes of at least 4 members (excludes halogenated alkanes) is 3. The Balaban J connectivity index is 3.42. The number of nitrogens with one attached hydrogen (secondary N) is 2. The van der Waals surface area contributed by atoms with Crippen molar-refractivity contribution in [1.82, 2.24) is 15.5 Å². The van der Waals surface area contributed by atoms with Gasteiger partial charge in [-0.15, -0.1) is 0 Å². The molecule has 0 heterocycles. The molecule has 2 atom stereocenters. The van der Waals surface area contributed by atoms with E-state index in [1.54, 1.807) is 39.0 Å². The molecule has 202 valence electrons. The number of ether oxygens (including phenoxy) is 1. The lowest BCUT2D eigenvalue weighted by molar-refractivity contribution is -0.143. The van der Waals surface area contributed by atoms with Gasteiger partial charge in [0.15, 0.2) is 0 Å². The summed E-state index contributed by atoms with van der Waals surface area (Å²) in [5, 5.41) is 15.9. The fraction of sp³-hybridized carbons (Fsp3) is 0.615. The number of nitrogens with two attached hydrogens (primary N) is 1. The molecule has 10 nitrogen and oxygen atoms in total. The van der Waals surface area contributed by atoms with E-state index in [9.17, 15) is 24.3 Å². The van der Waals surface area contributed by atoms with E-state index >= 15 is 0 Å². The molecule has 0 aliphatic rings. The van der Waals surface area contributed by atoms with Crippen molar-refractivity contribution < 1.29 is 29.0 Å². The van der Waals surface area contributed by atoms with Crippen LogP contribution in [0.1, 0.15) is 84.7 Å². The van der Waals surface area contributed by atoms with Crippen LogP contribution in [0.3, 0.4) is 0 Å². The highest BCUT2D eigenvalue weighted by molar-refractivity contribution is 5.94. The van der Waals surface area contributed by atoms with Gasteiger partial charge in [-0.05, 0) is 39.7 Å². The van der Waals surface area contributed by atoms with Crippen LogP contribution in [-0.2, 0) is 19.1 Å². The highest BCUT2D eigenvalue weighted by atomic mass is 16.6. The van der Waals surface area contributed by atoms with Gasteiger partial charge in [0.1, 0.15) is 23.4 Å². The molecule has 0 aliphatic carbocycles. The van der Waals surface area contributed by atoms with E-state index in [2.05, 4.69) is 10.6 Å². The number of phenols is 1. The van der Waals surface area contributed by atoms with Crippen LogP contribution in [0.5, 0.6) is 5.75 Å². The zero-order valence-electron chi connectivity index (χ0n) is 22.1. The van der Waals surface area contributed by atoms with E-state index in [-0.39, 0.29) is 17.9 Å². The molecule has 1 rings (SSSR count). The Kier molecular flexibility index (Phi) is 12.8. The molecule has 0 fully saturated rings. The number of benzene rings is 1. The lowest BCUT2D eigenvalue weighted by atomic mass is 10.0. The minimum Gasteiger partial charge on any atom is -0.508 e. The molecule has 0 spiro atoms. The summed E-state index contributed by atoms with van der Waals surface area (Å²) >= 11 is 0. The highest BCUT2D eigenvalue weighted by Crippen LogP contribution is 2.30. The van der Waals surface area contributed by atoms with Gasteiger partial charge < -0.3 is 31.1 Å². The third-order valence-electron chi connectivity index (χ3n) is 5.30. The molecule has 0 aromatic heterocycles. The van der Waals surface area contributed by atoms with Gasteiger partial charge in [-0.1, -0.05) is 51.3 Å². The second-order valence-electron chi connectivity index (χ2n) is 9.71. The Morgan fingerprint density at radius 1 is 1.06 bits per heavy atom. The highest BCUT2D eigenvalue weighted by Gasteiger charge is 2.37. The summed E-state index contributed by atoms with van der Waals surface area (Å²) in [6.07, 6.45) is 2.58. The van der Waals surface area contributed by atoms with Gasteiger partial charge in [0.2, 0.25) is 17.7 Å².